The van der Waals surface area contributed by atoms with Gasteiger partial charge in [-0.2, -0.15) is 0 Å². The van der Waals surface area contributed by atoms with Crippen LogP contribution in [0.15, 0.2) is 18.2 Å². The molecule has 0 unspecified atom stereocenters. The van der Waals surface area contributed by atoms with Gasteiger partial charge < -0.3 is 15.8 Å². The van der Waals surface area contributed by atoms with Gasteiger partial charge in [-0.25, -0.2) is 0 Å². The zero-order chi connectivity index (χ0) is 11.8. The fourth-order valence-corrected chi connectivity index (χ4v) is 1.53. The van der Waals surface area contributed by atoms with E-state index in [1.54, 1.807) is 7.11 Å². The summed E-state index contributed by atoms with van der Waals surface area (Å²) in [7, 11) is 1.74. The van der Waals surface area contributed by atoms with Gasteiger partial charge in [0, 0.05) is 31.6 Å². The van der Waals surface area contributed by atoms with Crippen molar-refractivity contribution < 1.29 is 4.74 Å². The van der Waals surface area contributed by atoms with E-state index in [9.17, 15) is 0 Å². The third-order valence-electron chi connectivity index (χ3n) is 2.63. The van der Waals surface area contributed by atoms with Crippen molar-refractivity contribution in [3.8, 4) is 0 Å². The number of nitrogens with one attached hydrogen (secondary N) is 1. The smallest absolute Gasteiger partial charge is 0.0462 e. The Morgan fingerprint density at radius 3 is 2.75 bits per heavy atom. The molecule has 0 amide bonds. The Hall–Kier alpha value is -1.22. The van der Waals surface area contributed by atoms with Crippen molar-refractivity contribution in [2.24, 2.45) is 0 Å². The van der Waals surface area contributed by atoms with Gasteiger partial charge in [0.15, 0.2) is 0 Å². The molecule has 1 rings (SSSR count). The third kappa shape index (κ3) is 4.53. The number of anilines is 2. The van der Waals surface area contributed by atoms with Crippen molar-refractivity contribution in [2.75, 3.05) is 31.3 Å². The number of methoxy groups -OCH3 is 1. The number of hydrogen-bond donors (Lipinski definition) is 2. The standard InChI is InChI=1S/C13H22N2O/c1-11-6-7-12(10-13(11)14)15-8-4-3-5-9-16-2/h6-7,10,15H,3-5,8-9,14H2,1-2H3. The first-order valence-electron chi connectivity index (χ1n) is 5.83. The molecule has 1 aromatic carbocycles. The number of hydrogen-bond acceptors (Lipinski definition) is 3. The average molecular weight is 222 g/mol. The molecule has 0 aromatic heterocycles. The molecule has 0 aliphatic carbocycles. The van der Waals surface area contributed by atoms with Crippen LogP contribution in [0.1, 0.15) is 24.8 Å². The third-order valence-corrected chi connectivity index (χ3v) is 2.63. The molecule has 90 valence electrons. The maximum Gasteiger partial charge on any atom is 0.0462 e. The number of ether oxygens (including phenoxy) is 1. The normalized spacial score (nSPS) is 10.4. The zero-order valence-corrected chi connectivity index (χ0v) is 10.3. The van der Waals surface area contributed by atoms with Gasteiger partial charge in [0.1, 0.15) is 0 Å². The number of rotatable bonds is 7. The molecule has 0 spiro atoms. The minimum absolute atomic E-state index is 0.851. The highest BCUT2D eigenvalue weighted by molar-refractivity contribution is 5.58. The lowest BCUT2D eigenvalue weighted by Gasteiger charge is -2.08. The van der Waals surface area contributed by atoms with Crippen LogP contribution < -0.4 is 11.1 Å². The highest BCUT2D eigenvalue weighted by Gasteiger charge is 1.96. The van der Waals surface area contributed by atoms with E-state index in [0.717, 1.165) is 42.9 Å². The highest BCUT2D eigenvalue weighted by atomic mass is 16.5. The molecule has 0 fully saturated rings. The predicted molar refractivity (Wildman–Crippen MR) is 69.8 cm³/mol. The summed E-state index contributed by atoms with van der Waals surface area (Å²) in [6.45, 7) is 3.87. The predicted octanol–water partition coefficient (Wildman–Crippen LogP) is 2.81. The molecule has 0 atom stereocenters. The molecule has 16 heavy (non-hydrogen) atoms. The Balaban J connectivity index is 2.19. The molecule has 0 bridgehead atoms. The van der Waals surface area contributed by atoms with Crippen LogP contribution in [0, 0.1) is 6.92 Å². The number of aryl methyl sites for hydroxylation is 1. The van der Waals surface area contributed by atoms with E-state index < -0.39 is 0 Å². The molecule has 0 radical (unpaired) electrons. The average Bonchev–Trinajstić information content (AvgIpc) is 2.28. The van der Waals surface area contributed by atoms with Gasteiger partial charge in [-0.05, 0) is 43.9 Å². The maximum absolute atomic E-state index is 5.83. The van der Waals surface area contributed by atoms with Gasteiger partial charge >= 0.3 is 0 Å². The van der Waals surface area contributed by atoms with E-state index in [4.69, 9.17) is 10.5 Å². The Morgan fingerprint density at radius 2 is 2.06 bits per heavy atom. The van der Waals surface area contributed by atoms with Crippen molar-refractivity contribution in [1.82, 2.24) is 0 Å². The minimum Gasteiger partial charge on any atom is -0.398 e. The van der Waals surface area contributed by atoms with Crippen molar-refractivity contribution in [3.05, 3.63) is 23.8 Å². The van der Waals surface area contributed by atoms with Crippen LogP contribution in [0.4, 0.5) is 11.4 Å². The van der Waals surface area contributed by atoms with Crippen molar-refractivity contribution in [2.45, 2.75) is 26.2 Å². The topological polar surface area (TPSA) is 47.3 Å². The fraction of sp³-hybridized carbons (Fsp3) is 0.538. The van der Waals surface area contributed by atoms with Gasteiger partial charge in [-0.3, -0.25) is 0 Å². The molecule has 1 aromatic rings. The van der Waals surface area contributed by atoms with Gasteiger partial charge in [0.2, 0.25) is 0 Å². The lowest BCUT2D eigenvalue weighted by Crippen LogP contribution is -2.03. The van der Waals surface area contributed by atoms with Crippen LogP contribution in [-0.2, 0) is 4.74 Å². The van der Waals surface area contributed by atoms with Gasteiger partial charge in [-0.1, -0.05) is 6.07 Å². The quantitative estimate of drug-likeness (QED) is 0.551. The number of unbranched alkanes of at least 4 members (excludes halogenated alkanes) is 2. The van der Waals surface area contributed by atoms with Crippen molar-refractivity contribution in [3.63, 3.8) is 0 Å². The second-order valence-electron chi connectivity index (χ2n) is 4.05. The van der Waals surface area contributed by atoms with Crippen molar-refractivity contribution in [1.29, 1.82) is 0 Å². The monoisotopic (exact) mass is 222 g/mol. The molecule has 0 saturated carbocycles. The highest BCUT2D eigenvalue weighted by Crippen LogP contribution is 2.16. The summed E-state index contributed by atoms with van der Waals surface area (Å²) in [6, 6.07) is 6.11. The summed E-state index contributed by atoms with van der Waals surface area (Å²) in [5.74, 6) is 0. The lowest BCUT2D eigenvalue weighted by atomic mass is 10.2. The van der Waals surface area contributed by atoms with E-state index in [0.29, 0.717) is 0 Å². The van der Waals surface area contributed by atoms with Gasteiger partial charge in [0.05, 0.1) is 0 Å². The maximum atomic E-state index is 5.83. The zero-order valence-electron chi connectivity index (χ0n) is 10.3. The summed E-state index contributed by atoms with van der Waals surface area (Å²) >= 11 is 0. The Labute approximate surface area is 98.0 Å². The van der Waals surface area contributed by atoms with Crippen LogP contribution >= 0.6 is 0 Å². The second-order valence-corrected chi connectivity index (χ2v) is 4.05. The first kappa shape index (κ1) is 12.8. The molecule has 3 N–H and O–H groups in total. The van der Waals surface area contributed by atoms with Crippen molar-refractivity contribution >= 4 is 11.4 Å². The van der Waals surface area contributed by atoms with Gasteiger partial charge in [-0.15, -0.1) is 0 Å². The van der Waals surface area contributed by atoms with E-state index in [1.165, 1.54) is 6.42 Å². The van der Waals surface area contributed by atoms with E-state index in [2.05, 4.69) is 11.4 Å². The Kier molecular flexibility index (Phi) is 5.72. The van der Waals surface area contributed by atoms with Crippen LogP contribution in [-0.4, -0.2) is 20.3 Å². The van der Waals surface area contributed by atoms with E-state index in [1.807, 2.05) is 19.1 Å². The van der Waals surface area contributed by atoms with E-state index >= 15 is 0 Å². The lowest BCUT2D eigenvalue weighted by molar-refractivity contribution is 0.192. The molecule has 3 nitrogen and oxygen atoms in total. The Morgan fingerprint density at radius 1 is 1.25 bits per heavy atom. The molecule has 0 heterocycles. The first-order valence-corrected chi connectivity index (χ1v) is 5.83. The van der Waals surface area contributed by atoms with Crippen LogP contribution in [0.2, 0.25) is 0 Å². The summed E-state index contributed by atoms with van der Waals surface area (Å²) in [4.78, 5) is 0. The summed E-state index contributed by atoms with van der Waals surface area (Å²) in [5.41, 5.74) is 8.92. The first-order chi connectivity index (χ1) is 7.74. The van der Waals surface area contributed by atoms with Crippen LogP contribution in [0.25, 0.3) is 0 Å². The second kappa shape index (κ2) is 7.12. The SMILES string of the molecule is COCCCCCNc1ccc(C)c(N)c1. The molecule has 0 aliphatic rings. The molecule has 3 heteroatoms. The molecular formula is C13H22N2O. The summed E-state index contributed by atoms with van der Waals surface area (Å²) in [5, 5.41) is 3.37. The van der Waals surface area contributed by atoms with Gasteiger partial charge in [0.25, 0.3) is 0 Å². The minimum atomic E-state index is 0.851. The summed E-state index contributed by atoms with van der Waals surface area (Å²) < 4.78 is 5.00. The fourth-order valence-electron chi connectivity index (χ4n) is 1.53. The Bertz CT molecular complexity index is 313. The van der Waals surface area contributed by atoms with Crippen LogP contribution in [0.5, 0.6) is 0 Å². The number of benzene rings is 1. The number of nitrogen functional groups attached to an aromatic ring is 1. The number of nitrogens with two attached hydrogens (primary N) is 1. The molecule has 0 saturated heterocycles. The molecule has 0 aliphatic heterocycles. The summed E-state index contributed by atoms with van der Waals surface area (Å²) in [6.07, 6.45) is 3.49. The van der Waals surface area contributed by atoms with E-state index in [-0.39, 0.29) is 0 Å². The largest absolute Gasteiger partial charge is 0.398 e. The van der Waals surface area contributed by atoms with Crippen LogP contribution in [0.3, 0.4) is 0 Å². The molecular weight excluding hydrogens is 200 g/mol.